The molecule has 19 heavy (non-hydrogen) atoms. The van der Waals surface area contributed by atoms with Gasteiger partial charge in [-0.25, -0.2) is 14.4 Å². The van der Waals surface area contributed by atoms with Gasteiger partial charge >= 0.3 is 18.0 Å². The number of carbonyl (C=O) groups is 3. The van der Waals surface area contributed by atoms with Crippen LogP contribution >= 0.6 is 0 Å². The van der Waals surface area contributed by atoms with Crippen molar-refractivity contribution in [3.05, 3.63) is 0 Å². The van der Waals surface area contributed by atoms with Crippen LogP contribution in [0.1, 0.15) is 32.6 Å². The SMILES string of the molecule is CCC[C@H](NC(=O)N1CCCC1C(=O)OC)C(=O)O. The highest BCUT2D eigenvalue weighted by atomic mass is 16.5. The largest absolute Gasteiger partial charge is 0.480 e. The van der Waals surface area contributed by atoms with Crippen molar-refractivity contribution in [1.82, 2.24) is 10.2 Å². The van der Waals surface area contributed by atoms with Gasteiger partial charge < -0.3 is 20.1 Å². The Morgan fingerprint density at radius 1 is 1.47 bits per heavy atom. The molecule has 0 saturated carbocycles. The number of hydrogen-bond acceptors (Lipinski definition) is 4. The lowest BCUT2D eigenvalue weighted by Gasteiger charge is -2.25. The number of nitrogens with one attached hydrogen (secondary N) is 1. The van der Waals surface area contributed by atoms with Crippen molar-refractivity contribution in [2.24, 2.45) is 0 Å². The van der Waals surface area contributed by atoms with Crippen molar-refractivity contribution < 1.29 is 24.2 Å². The van der Waals surface area contributed by atoms with Crippen molar-refractivity contribution in [1.29, 1.82) is 0 Å². The zero-order valence-electron chi connectivity index (χ0n) is 11.2. The minimum atomic E-state index is -1.07. The second-order valence-corrected chi connectivity index (χ2v) is 4.50. The molecule has 0 aromatic rings. The standard InChI is InChI=1S/C12H20N2O5/c1-3-5-8(10(15)16)13-12(18)14-7-4-6-9(14)11(17)19-2/h8-9H,3-7H2,1-2H3,(H,13,18)(H,15,16)/t8-,9?/m0/s1. The van der Waals surface area contributed by atoms with Crippen molar-refractivity contribution >= 4 is 18.0 Å². The second-order valence-electron chi connectivity index (χ2n) is 4.50. The fraction of sp³-hybridized carbons (Fsp3) is 0.750. The lowest BCUT2D eigenvalue weighted by Crippen LogP contribution is -2.51. The summed E-state index contributed by atoms with van der Waals surface area (Å²) < 4.78 is 4.64. The molecule has 0 spiro atoms. The van der Waals surface area contributed by atoms with Crippen LogP contribution in [0.25, 0.3) is 0 Å². The number of urea groups is 1. The van der Waals surface area contributed by atoms with Crippen LogP contribution in [0.5, 0.6) is 0 Å². The number of ether oxygens (including phenoxy) is 1. The fourth-order valence-electron chi connectivity index (χ4n) is 2.17. The summed E-state index contributed by atoms with van der Waals surface area (Å²) in [5.41, 5.74) is 0. The van der Waals surface area contributed by atoms with Crippen LogP contribution in [-0.4, -0.2) is 53.7 Å². The topological polar surface area (TPSA) is 95.9 Å². The lowest BCUT2D eigenvalue weighted by atomic mass is 10.2. The van der Waals surface area contributed by atoms with Crippen molar-refractivity contribution in [2.45, 2.75) is 44.7 Å². The fourth-order valence-corrected chi connectivity index (χ4v) is 2.17. The van der Waals surface area contributed by atoms with E-state index >= 15 is 0 Å². The molecule has 1 rings (SSSR count). The zero-order chi connectivity index (χ0) is 14.4. The molecule has 1 aliphatic heterocycles. The average Bonchev–Trinajstić information content (AvgIpc) is 2.86. The van der Waals surface area contributed by atoms with Crippen LogP contribution in [-0.2, 0) is 14.3 Å². The third kappa shape index (κ3) is 3.84. The van der Waals surface area contributed by atoms with E-state index in [0.29, 0.717) is 32.2 Å². The third-order valence-electron chi connectivity index (χ3n) is 3.16. The Labute approximate surface area is 111 Å². The molecular weight excluding hydrogens is 252 g/mol. The first kappa shape index (κ1) is 15.3. The molecule has 0 bridgehead atoms. The molecule has 1 saturated heterocycles. The molecule has 108 valence electrons. The summed E-state index contributed by atoms with van der Waals surface area (Å²) in [4.78, 5) is 35.9. The normalized spacial score (nSPS) is 19.9. The number of amides is 2. The Morgan fingerprint density at radius 3 is 2.68 bits per heavy atom. The molecule has 7 heteroatoms. The Bertz CT molecular complexity index is 358. The van der Waals surface area contributed by atoms with Gasteiger partial charge in [0.2, 0.25) is 0 Å². The molecule has 0 aromatic carbocycles. The summed E-state index contributed by atoms with van der Waals surface area (Å²) in [5, 5.41) is 11.4. The first-order valence-corrected chi connectivity index (χ1v) is 6.39. The van der Waals surface area contributed by atoms with E-state index in [1.54, 1.807) is 0 Å². The molecule has 7 nitrogen and oxygen atoms in total. The molecule has 0 aliphatic carbocycles. The van der Waals surface area contributed by atoms with Gasteiger partial charge in [0.25, 0.3) is 0 Å². The minimum Gasteiger partial charge on any atom is -0.480 e. The van der Waals surface area contributed by atoms with E-state index < -0.39 is 30.1 Å². The molecule has 0 aromatic heterocycles. The molecule has 2 atom stereocenters. The van der Waals surface area contributed by atoms with Crippen LogP contribution in [0.2, 0.25) is 0 Å². The smallest absolute Gasteiger partial charge is 0.328 e. The predicted molar refractivity (Wildman–Crippen MR) is 66.6 cm³/mol. The Hall–Kier alpha value is -1.79. The summed E-state index contributed by atoms with van der Waals surface area (Å²) >= 11 is 0. The van der Waals surface area contributed by atoms with Gasteiger partial charge in [-0.05, 0) is 19.3 Å². The maximum absolute atomic E-state index is 12.0. The van der Waals surface area contributed by atoms with E-state index in [-0.39, 0.29) is 0 Å². The van der Waals surface area contributed by atoms with Crippen LogP contribution in [0.3, 0.4) is 0 Å². The van der Waals surface area contributed by atoms with E-state index in [0.717, 1.165) is 0 Å². The highest BCUT2D eigenvalue weighted by Gasteiger charge is 2.36. The number of likely N-dealkylation sites (tertiary alicyclic amines) is 1. The molecule has 1 unspecified atom stereocenters. The molecule has 1 fully saturated rings. The molecular formula is C12H20N2O5. The summed E-state index contributed by atoms with van der Waals surface area (Å²) in [6.45, 7) is 2.28. The van der Waals surface area contributed by atoms with E-state index in [1.807, 2.05) is 6.92 Å². The number of aliphatic carboxylic acids is 1. The molecule has 2 amide bonds. The van der Waals surface area contributed by atoms with Crippen LogP contribution in [0, 0.1) is 0 Å². The highest BCUT2D eigenvalue weighted by Crippen LogP contribution is 2.18. The highest BCUT2D eigenvalue weighted by molar-refractivity contribution is 5.87. The second kappa shape index (κ2) is 6.96. The van der Waals surface area contributed by atoms with Crippen LogP contribution < -0.4 is 5.32 Å². The summed E-state index contributed by atoms with van der Waals surface area (Å²) in [6.07, 6.45) is 2.26. The number of carboxylic acids is 1. The Morgan fingerprint density at radius 2 is 2.16 bits per heavy atom. The van der Waals surface area contributed by atoms with Gasteiger partial charge in [0, 0.05) is 6.54 Å². The number of carboxylic acid groups (broad SMARTS) is 1. The van der Waals surface area contributed by atoms with E-state index in [9.17, 15) is 14.4 Å². The monoisotopic (exact) mass is 272 g/mol. The van der Waals surface area contributed by atoms with Crippen molar-refractivity contribution in [3.8, 4) is 0 Å². The summed E-state index contributed by atoms with van der Waals surface area (Å²) in [5.74, 6) is -1.53. The van der Waals surface area contributed by atoms with Gasteiger partial charge in [-0.3, -0.25) is 0 Å². The van der Waals surface area contributed by atoms with E-state index in [4.69, 9.17) is 5.11 Å². The van der Waals surface area contributed by atoms with Gasteiger partial charge in [-0.2, -0.15) is 0 Å². The van der Waals surface area contributed by atoms with Gasteiger partial charge in [0.05, 0.1) is 7.11 Å². The summed E-state index contributed by atoms with van der Waals surface area (Å²) in [7, 11) is 1.27. The van der Waals surface area contributed by atoms with Gasteiger partial charge in [-0.1, -0.05) is 13.3 Å². The Balaban J connectivity index is 2.65. The lowest BCUT2D eigenvalue weighted by molar-refractivity contribution is -0.144. The van der Waals surface area contributed by atoms with Crippen LogP contribution in [0.15, 0.2) is 0 Å². The maximum atomic E-state index is 12.0. The first-order chi connectivity index (χ1) is 9.01. The van der Waals surface area contributed by atoms with Crippen molar-refractivity contribution in [2.75, 3.05) is 13.7 Å². The molecule has 2 N–H and O–H groups in total. The van der Waals surface area contributed by atoms with Gasteiger partial charge in [0.1, 0.15) is 12.1 Å². The van der Waals surface area contributed by atoms with Gasteiger partial charge in [0.15, 0.2) is 0 Å². The first-order valence-electron chi connectivity index (χ1n) is 6.39. The molecule has 1 heterocycles. The van der Waals surface area contributed by atoms with E-state index in [2.05, 4.69) is 10.1 Å². The van der Waals surface area contributed by atoms with Gasteiger partial charge in [-0.15, -0.1) is 0 Å². The van der Waals surface area contributed by atoms with Crippen molar-refractivity contribution in [3.63, 3.8) is 0 Å². The number of hydrogen-bond donors (Lipinski definition) is 2. The molecule has 1 aliphatic rings. The number of carbonyl (C=O) groups excluding carboxylic acids is 2. The number of methoxy groups -OCH3 is 1. The number of rotatable bonds is 5. The average molecular weight is 272 g/mol. The quantitative estimate of drug-likeness (QED) is 0.714. The summed E-state index contributed by atoms with van der Waals surface area (Å²) in [6, 6.07) is -2.05. The number of esters is 1. The third-order valence-corrected chi connectivity index (χ3v) is 3.16. The zero-order valence-corrected chi connectivity index (χ0v) is 11.2. The maximum Gasteiger partial charge on any atom is 0.328 e. The molecule has 0 radical (unpaired) electrons. The van der Waals surface area contributed by atoms with E-state index in [1.165, 1.54) is 12.0 Å². The van der Waals surface area contributed by atoms with Crippen LogP contribution in [0.4, 0.5) is 4.79 Å². The minimum absolute atomic E-state index is 0.359. The Kier molecular flexibility index (Phi) is 5.59. The number of nitrogens with zero attached hydrogens (tertiary/aromatic N) is 1. The predicted octanol–water partition coefficient (Wildman–Crippen LogP) is 0.587.